The first-order valence-electron chi connectivity index (χ1n) is 4.86. The first-order chi connectivity index (χ1) is 6.52. The largest absolute Gasteiger partial charge is 0.305 e. The van der Waals surface area contributed by atoms with Gasteiger partial charge in [0.05, 0.1) is 18.1 Å². The van der Waals surface area contributed by atoms with Gasteiger partial charge < -0.3 is 5.32 Å². The number of terminal acetylenes is 1. The third kappa shape index (κ3) is 6.93. The molecule has 0 aromatic carbocycles. The van der Waals surface area contributed by atoms with Crippen LogP contribution in [-0.2, 0) is 9.84 Å². The van der Waals surface area contributed by atoms with Crippen molar-refractivity contribution in [3.8, 4) is 12.3 Å². The molecule has 14 heavy (non-hydrogen) atoms. The van der Waals surface area contributed by atoms with Gasteiger partial charge in [-0.25, -0.2) is 8.42 Å². The van der Waals surface area contributed by atoms with Gasteiger partial charge >= 0.3 is 0 Å². The molecule has 0 aliphatic carbocycles. The van der Waals surface area contributed by atoms with E-state index in [1.165, 1.54) is 0 Å². The summed E-state index contributed by atoms with van der Waals surface area (Å²) in [4.78, 5) is 0. The molecule has 0 amide bonds. The Hall–Kier alpha value is -0.530. The molecule has 4 heteroatoms. The van der Waals surface area contributed by atoms with Crippen LogP contribution < -0.4 is 5.32 Å². The van der Waals surface area contributed by atoms with Crippen LogP contribution in [0, 0.1) is 18.3 Å². The Morgan fingerprint density at radius 2 is 2.14 bits per heavy atom. The zero-order valence-corrected chi connectivity index (χ0v) is 9.73. The van der Waals surface area contributed by atoms with Gasteiger partial charge in [-0.3, -0.25) is 0 Å². The van der Waals surface area contributed by atoms with E-state index in [2.05, 4.69) is 11.2 Å². The molecule has 0 spiro atoms. The van der Waals surface area contributed by atoms with Crippen molar-refractivity contribution in [2.45, 2.75) is 20.3 Å². The maximum atomic E-state index is 11.5. The van der Waals surface area contributed by atoms with Gasteiger partial charge in [0.1, 0.15) is 0 Å². The minimum Gasteiger partial charge on any atom is -0.305 e. The molecule has 1 N–H and O–H groups in total. The van der Waals surface area contributed by atoms with Gasteiger partial charge in [-0.2, -0.15) is 0 Å². The molecule has 82 valence electrons. The zero-order chi connectivity index (χ0) is 11.0. The molecule has 0 bridgehead atoms. The zero-order valence-electron chi connectivity index (χ0n) is 8.91. The number of rotatable bonds is 7. The molecule has 1 unspecified atom stereocenters. The average molecular weight is 217 g/mol. The number of sulfone groups is 1. The third-order valence-electron chi connectivity index (χ3n) is 2.05. The van der Waals surface area contributed by atoms with Crippen LogP contribution in [-0.4, -0.2) is 33.0 Å². The lowest BCUT2D eigenvalue weighted by molar-refractivity contribution is 0.562. The van der Waals surface area contributed by atoms with Crippen LogP contribution in [0.15, 0.2) is 0 Å². The molecule has 0 heterocycles. The van der Waals surface area contributed by atoms with E-state index in [0.717, 1.165) is 6.42 Å². The van der Waals surface area contributed by atoms with Gasteiger partial charge in [-0.15, -0.1) is 6.42 Å². The highest BCUT2D eigenvalue weighted by molar-refractivity contribution is 7.91. The quantitative estimate of drug-likeness (QED) is 0.503. The molecule has 0 radical (unpaired) electrons. The molecule has 3 nitrogen and oxygen atoms in total. The minimum atomic E-state index is -2.90. The second-order valence-electron chi connectivity index (χ2n) is 3.51. The van der Waals surface area contributed by atoms with E-state index in [1.54, 1.807) is 0 Å². The van der Waals surface area contributed by atoms with E-state index in [0.29, 0.717) is 13.1 Å². The maximum Gasteiger partial charge on any atom is 0.151 e. The maximum absolute atomic E-state index is 11.5. The summed E-state index contributed by atoms with van der Waals surface area (Å²) in [5.74, 6) is 3.10. The van der Waals surface area contributed by atoms with E-state index in [1.807, 2.05) is 13.8 Å². The summed E-state index contributed by atoms with van der Waals surface area (Å²) in [5.41, 5.74) is 0. The van der Waals surface area contributed by atoms with Crippen LogP contribution >= 0.6 is 0 Å². The molecule has 0 rings (SSSR count). The fourth-order valence-corrected chi connectivity index (χ4v) is 2.75. The molecule has 0 saturated heterocycles. The van der Waals surface area contributed by atoms with Gasteiger partial charge in [0, 0.05) is 6.54 Å². The van der Waals surface area contributed by atoms with Gasteiger partial charge in [0.15, 0.2) is 9.84 Å². The second-order valence-corrected chi connectivity index (χ2v) is 5.74. The SMILES string of the molecule is C#CCNCCS(=O)(=O)CC(C)CC. The predicted molar refractivity (Wildman–Crippen MR) is 59.8 cm³/mol. The van der Waals surface area contributed by atoms with E-state index in [-0.39, 0.29) is 17.4 Å². The van der Waals surface area contributed by atoms with Crippen LogP contribution in [0.2, 0.25) is 0 Å². The van der Waals surface area contributed by atoms with Crippen molar-refractivity contribution in [3.05, 3.63) is 0 Å². The van der Waals surface area contributed by atoms with E-state index >= 15 is 0 Å². The van der Waals surface area contributed by atoms with E-state index in [4.69, 9.17) is 6.42 Å². The number of nitrogens with one attached hydrogen (secondary N) is 1. The van der Waals surface area contributed by atoms with Crippen molar-refractivity contribution >= 4 is 9.84 Å². The Balaban J connectivity index is 3.80. The van der Waals surface area contributed by atoms with Crippen molar-refractivity contribution in [3.63, 3.8) is 0 Å². The standard InChI is InChI=1S/C10H19NO2S/c1-4-6-11-7-8-14(12,13)9-10(3)5-2/h1,10-11H,5-9H2,2-3H3. The van der Waals surface area contributed by atoms with Crippen molar-refractivity contribution in [2.75, 3.05) is 24.6 Å². The Kier molecular flexibility index (Phi) is 6.60. The summed E-state index contributed by atoms with van der Waals surface area (Å²) >= 11 is 0. The van der Waals surface area contributed by atoms with Gasteiger partial charge in [-0.05, 0) is 5.92 Å². The Morgan fingerprint density at radius 1 is 1.50 bits per heavy atom. The number of hydrogen-bond donors (Lipinski definition) is 1. The smallest absolute Gasteiger partial charge is 0.151 e. The Morgan fingerprint density at radius 3 is 2.64 bits per heavy atom. The monoisotopic (exact) mass is 217 g/mol. The second kappa shape index (κ2) is 6.86. The topological polar surface area (TPSA) is 46.2 Å². The first kappa shape index (κ1) is 13.5. The molecular weight excluding hydrogens is 198 g/mol. The van der Waals surface area contributed by atoms with Gasteiger partial charge in [0.2, 0.25) is 0 Å². The summed E-state index contributed by atoms with van der Waals surface area (Å²) in [6, 6.07) is 0. The molecule has 0 fully saturated rings. The fourth-order valence-electron chi connectivity index (χ4n) is 1.02. The minimum absolute atomic E-state index is 0.180. The highest BCUT2D eigenvalue weighted by Crippen LogP contribution is 2.05. The fraction of sp³-hybridized carbons (Fsp3) is 0.800. The van der Waals surface area contributed by atoms with E-state index in [9.17, 15) is 8.42 Å². The normalized spacial score (nSPS) is 13.5. The molecule has 0 saturated carbocycles. The molecule has 1 atom stereocenters. The molecule has 0 aliphatic heterocycles. The summed E-state index contributed by atoms with van der Waals surface area (Å²) in [7, 11) is -2.90. The molecule has 0 aromatic rings. The lowest BCUT2D eigenvalue weighted by Crippen LogP contribution is -2.26. The Labute approximate surface area is 87.2 Å². The summed E-state index contributed by atoms with van der Waals surface area (Å²) in [6.45, 7) is 4.82. The highest BCUT2D eigenvalue weighted by Gasteiger charge is 2.13. The molecular formula is C10H19NO2S. The van der Waals surface area contributed by atoms with Crippen LogP contribution in [0.5, 0.6) is 0 Å². The van der Waals surface area contributed by atoms with Crippen molar-refractivity contribution < 1.29 is 8.42 Å². The lowest BCUT2D eigenvalue weighted by Gasteiger charge is -2.09. The van der Waals surface area contributed by atoms with Crippen LogP contribution in [0.25, 0.3) is 0 Å². The molecule has 0 aliphatic rings. The summed E-state index contributed by atoms with van der Waals surface area (Å²) in [5, 5.41) is 2.87. The summed E-state index contributed by atoms with van der Waals surface area (Å²) < 4.78 is 22.9. The Bertz CT molecular complexity index is 277. The number of hydrogen-bond acceptors (Lipinski definition) is 3. The lowest BCUT2D eigenvalue weighted by atomic mass is 10.2. The first-order valence-corrected chi connectivity index (χ1v) is 6.68. The molecule has 0 aromatic heterocycles. The van der Waals surface area contributed by atoms with Crippen LogP contribution in [0.3, 0.4) is 0 Å². The third-order valence-corrected chi connectivity index (χ3v) is 3.96. The predicted octanol–water partition coefficient (Wildman–Crippen LogP) is 0.670. The van der Waals surface area contributed by atoms with Gasteiger partial charge in [-0.1, -0.05) is 26.2 Å². The van der Waals surface area contributed by atoms with E-state index < -0.39 is 9.84 Å². The van der Waals surface area contributed by atoms with Crippen molar-refractivity contribution in [1.82, 2.24) is 5.32 Å². The van der Waals surface area contributed by atoms with Crippen molar-refractivity contribution in [2.24, 2.45) is 5.92 Å². The van der Waals surface area contributed by atoms with Crippen molar-refractivity contribution in [1.29, 1.82) is 0 Å². The highest BCUT2D eigenvalue weighted by atomic mass is 32.2. The summed E-state index contributed by atoms with van der Waals surface area (Å²) in [6.07, 6.45) is 5.92. The van der Waals surface area contributed by atoms with Crippen LogP contribution in [0.1, 0.15) is 20.3 Å². The average Bonchev–Trinajstić information content (AvgIpc) is 2.12. The van der Waals surface area contributed by atoms with Gasteiger partial charge in [0.25, 0.3) is 0 Å². The van der Waals surface area contributed by atoms with Crippen LogP contribution in [0.4, 0.5) is 0 Å².